The molecule has 1 aromatic heterocycles. The normalized spacial score (nSPS) is 11.6. The largest absolute Gasteiger partial charge is 0.441 e. The number of benzene rings is 2. The second-order valence-corrected chi connectivity index (χ2v) is 9.56. The highest BCUT2D eigenvalue weighted by Gasteiger charge is 2.22. The monoisotopic (exact) mass is 411 g/mol. The number of carbonyl (C=O) groups excluding carboxylic acids is 1. The van der Waals surface area contributed by atoms with Gasteiger partial charge in [0, 0.05) is 12.0 Å². The van der Waals surface area contributed by atoms with Gasteiger partial charge in [-0.1, -0.05) is 35.9 Å². The summed E-state index contributed by atoms with van der Waals surface area (Å²) in [7, 11) is -3.65. The Balaban J connectivity index is 1.71. The van der Waals surface area contributed by atoms with Crippen molar-refractivity contribution in [3.05, 3.63) is 76.2 Å². The van der Waals surface area contributed by atoms with Crippen molar-refractivity contribution in [2.45, 2.75) is 39.9 Å². The number of Topliss-reactive ketones (excluding diaryl/α,β-unsaturated/α-hetero) is 1. The van der Waals surface area contributed by atoms with Crippen LogP contribution in [0.3, 0.4) is 0 Å². The number of rotatable bonds is 7. The molecule has 0 N–H and O–H groups in total. The number of nitrogens with zero attached hydrogens (tertiary/aromatic N) is 1. The van der Waals surface area contributed by atoms with Crippen molar-refractivity contribution in [2.24, 2.45) is 0 Å². The highest BCUT2D eigenvalue weighted by Crippen LogP contribution is 2.23. The van der Waals surface area contributed by atoms with Crippen molar-refractivity contribution < 1.29 is 17.6 Å². The van der Waals surface area contributed by atoms with E-state index in [0.29, 0.717) is 17.3 Å². The third-order valence-electron chi connectivity index (χ3n) is 5.03. The number of aromatic nitrogens is 1. The van der Waals surface area contributed by atoms with Gasteiger partial charge in [0.1, 0.15) is 11.5 Å². The summed E-state index contributed by atoms with van der Waals surface area (Å²) >= 11 is 0. The molecule has 0 unspecified atom stereocenters. The van der Waals surface area contributed by atoms with Crippen LogP contribution in [0.2, 0.25) is 0 Å². The zero-order valence-electron chi connectivity index (χ0n) is 17.2. The van der Waals surface area contributed by atoms with Crippen LogP contribution in [0, 0.1) is 27.7 Å². The molecule has 152 valence electrons. The van der Waals surface area contributed by atoms with E-state index in [1.807, 2.05) is 63.2 Å². The fourth-order valence-corrected chi connectivity index (χ4v) is 4.53. The van der Waals surface area contributed by atoms with Crippen LogP contribution in [0.1, 0.15) is 33.7 Å². The van der Waals surface area contributed by atoms with E-state index >= 15 is 0 Å². The number of carbonyl (C=O) groups is 1. The molecule has 2 aromatic carbocycles. The van der Waals surface area contributed by atoms with E-state index < -0.39 is 15.6 Å². The maximum absolute atomic E-state index is 12.6. The molecule has 6 heteroatoms. The number of aryl methyl sites for hydroxylation is 3. The predicted molar refractivity (Wildman–Crippen MR) is 114 cm³/mol. The third-order valence-corrected chi connectivity index (χ3v) is 6.51. The Morgan fingerprint density at radius 1 is 1.00 bits per heavy atom. The minimum absolute atomic E-state index is 0.110. The SMILES string of the molecule is Cc1ccc(-c2nc(CS(=O)(=O)CC(=O)Cc3cccc(C)c3C)c(C)o2)cc1. The molecule has 3 aromatic rings. The zero-order chi connectivity index (χ0) is 21.2. The number of hydrogen-bond acceptors (Lipinski definition) is 5. The highest BCUT2D eigenvalue weighted by atomic mass is 32.2. The summed E-state index contributed by atoms with van der Waals surface area (Å²) in [5.41, 5.74) is 5.22. The van der Waals surface area contributed by atoms with E-state index in [9.17, 15) is 13.2 Å². The fourth-order valence-electron chi connectivity index (χ4n) is 3.15. The van der Waals surface area contributed by atoms with Gasteiger partial charge >= 0.3 is 0 Å². The smallest absolute Gasteiger partial charge is 0.226 e. The fraction of sp³-hybridized carbons (Fsp3) is 0.304. The van der Waals surface area contributed by atoms with Gasteiger partial charge in [-0.2, -0.15) is 0 Å². The van der Waals surface area contributed by atoms with Gasteiger partial charge in [-0.15, -0.1) is 0 Å². The average molecular weight is 412 g/mol. The summed E-state index contributed by atoms with van der Waals surface area (Å²) in [5, 5.41) is 0. The molecule has 5 nitrogen and oxygen atoms in total. The average Bonchev–Trinajstić information content (AvgIpc) is 2.99. The van der Waals surface area contributed by atoms with E-state index in [4.69, 9.17) is 4.42 Å². The highest BCUT2D eigenvalue weighted by molar-refractivity contribution is 7.91. The Labute approximate surface area is 171 Å². The van der Waals surface area contributed by atoms with Gasteiger partial charge in [0.2, 0.25) is 5.89 Å². The molecule has 29 heavy (non-hydrogen) atoms. The van der Waals surface area contributed by atoms with Gasteiger partial charge in [0.25, 0.3) is 0 Å². The summed E-state index contributed by atoms with van der Waals surface area (Å²) in [6, 6.07) is 13.4. The molecule has 0 atom stereocenters. The number of hydrogen-bond donors (Lipinski definition) is 0. The van der Waals surface area contributed by atoms with Crippen LogP contribution in [-0.2, 0) is 26.8 Å². The quantitative estimate of drug-likeness (QED) is 0.579. The molecule has 0 spiro atoms. The standard InChI is InChI=1S/C23H25NO4S/c1-15-8-10-19(11-9-15)23-24-22(18(4)28-23)14-29(26,27)13-21(25)12-20-7-5-6-16(2)17(20)3/h5-11H,12-14H2,1-4H3. The zero-order valence-corrected chi connectivity index (χ0v) is 18.0. The molecule has 0 aliphatic heterocycles. The van der Waals surface area contributed by atoms with Crippen LogP contribution in [0.4, 0.5) is 0 Å². The van der Waals surface area contributed by atoms with E-state index in [2.05, 4.69) is 4.98 Å². The molecule has 0 bridgehead atoms. The number of ketones is 1. The van der Waals surface area contributed by atoms with Gasteiger partial charge in [0.05, 0.1) is 11.4 Å². The van der Waals surface area contributed by atoms with Gasteiger partial charge in [-0.3, -0.25) is 4.79 Å². The van der Waals surface area contributed by atoms with Crippen LogP contribution in [0.5, 0.6) is 0 Å². The van der Waals surface area contributed by atoms with Gasteiger partial charge < -0.3 is 4.42 Å². The second kappa shape index (κ2) is 8.33. The lowest BCUT2D eigenvalue weighted by molar-refractivity contribution is -0.116. The van der Waals surface area contributed by atoms with Crippen molar-refractivity contribution >= 4 is 15.6 Å². The molecule has 1 heterocycles. The number of oxazole rings is 1. The van der Waals surface area contributed by atoms with Gasteiger partial charge in [-0.25, -0.2) is 13.4 Å². The molecule has 0 saturated heterocycles. The van der Waals surface area contributed by atoms with Crippen LogP contribution in [0.25, 0.3) is 11.5 Å². The Kier molecular flexibility index (Phi) is 6.03. The summed E-state index contributed by atoms with van der Waals surface area (Å²) in [6.07, 6.45) is 0.110. The Hall–Kier alpha value is -2.73. The maximum atomic E-state index is 12.6. The summed E-state index contributed by atoms with van der Waals surface area (Å²) in [6.45, 7) is 7.59. The van der Waals surface area contributed by atoms with E-state index in [0.717, 1.165) is 27.8 Å². The maximum Gasteiger partial charge on any atom is 0.226 e. The first-order valence-corrected chi connectivity index (χ1v) is 11.3. The summed E-state index contributed by atoms with van der Waals surface area (Å²) < 4.78 is 30.8. The molecular formula is C23H25NO4S. The third kappa shape index (κ3) is 5.21. The van der Waals surface area contributed by atoms with Crippen LogP contribution in [-0.4, -0.2) is 24.9 Å². The molecule has 0 aliphatic rings. The Morgan fingerprint density at radius 2 is 1.69 bits per heavy atom. The van der Waals surface area contributed by atoms with Crippen LogP contribution >= 0.6 is 0 Å². The van der Waals surface area contributed by atoms with Crippen molar-refractivity contribution in [1.82, 2.24) is 4.98 Å². The van der Waals surface area contributed by atoms with Gasteiger partial charge in [0.15, 0.2) is 15.6 Å². The van der Waals surface area contributed by atoms with Crippen LogP contribution < -0.4 is 0 Å². The molecule has 0 radical (unpaired) electrons. The van der Waals surface area contributed by atoms with E-state index in [1.54, 1.807) is 6.92 Å². The minimum Gasteiger partial charge on any atom is -0.441 e. The minimum atomic E-state index is -3.65. The molecule has 3 rings (SSSR count). The molecular weight excluding hydrogens is 386 g/mol. The van der Waals surface area contributed by atoms with E-state index in [1.165, 1.54) is 0 Å². The first-order chi connectivity index (χ1) is 13.6. The van der Waals surface area contributed by atoms with Crippen molar-refractivity contribution in [2.75, 3.05) is 5.75 Å². The topological polar surface area (TPSA) is 77.2 Å². The molecule has 0 saturated carbocycles. The number of sulfone groups is 1. The Bertz CT molecular complexity index is 1140. The lowest BCUT2D eigenvalue weighted by Crippen LogP contribution is -2.20. The Morgan fingerprint density at radius 3 is 2.38 bits per heavy atom. The molecule has 0 aliphatic carbocycles. The van der Waals surface area contributed by atoms with Crippen molar-refractivity contribution in [3.63, 3.8) is 0 Å². The summed E-state index contributed by atoms with van der Waals surface area (Å²) in [4.78, 5) is 16.8. The molecule has 0 amide bonds. The lowest BCUT2D eigenvalue weighted by atomic mass is 10.00. The van der Waals surface area contributed by atoms with Crippen molar-refractivity contribution in [1.29, 1.82) is 0 Å². The first kappa shape index (κ1) is 21.0. The van der Waals surface area contributed by atoms with Crippen LogP contribution in [0.15, 0.2) is 46.9 Å². The lowest BCUT2D eigenvalue weighted by Gasteiger charge is -2.08. The van der Waals surface area contributed by atoms with Crippen molar-refractivity contribution in [3.8, 4) is 11.5 Å². The predicted octanol–water partition coefficient (Wildman–Crippen LogP) is 4.30. The van der Waals surface area contributed by atoms with Gasteiger partial charge in [-0.05, 0) is 56.5 Å². The molecule has 0 fully saturated rings. The van der Waals surface area contributed by atoms with E-state index in [-0.39, 0.29) is 18.0 Å². The summed E-state index contributed by atoms with van der Waals surface area (Å²) in [5.74, 6) is -0.307. The second-order valence-electron chi connectivity index (χ2n) is 7.49. The first-order valence-electron chi connectivity index (χ1n) is 9.45.